The normalized spacial score (nSPS) is 18.0. The zero-order valence-corrected chi connectivity index (χ0v) is 13.9. The van der Waals surface area contributed by atoms with Crippen LogP contribution in [0, 0.1) is 5.82 Å². The fourth-order valence-electron chi connectivity index (χ4n) is 3.36. The van der Waals surface area contributed by atoms with Crippen LogP contribution in [0.5, 0.6) is 0 Å². The summed E-state index contributed by atoms with van der Waals surface area (Å²) in [4.78, 5) is 19.3. The van der Waals surface area contributed by atoms with Gasteiger partial charge in [0.25, 0.3) is 5.91 Å². The minimum Gasteiger partial charge on any atom is -0.332 e. The fourth-order valence-corrected chi connectivity index (χ4v) is 4.02. The number of carbonyl (C=O) groups is 1. The highest BCUT2D eigenvalue weighted by Gasteiger charge is 2.28. The van der Waals surface area contributed by atoms with Crippen molar-refractivity contribution in [2.24, 2.45) is 0 Å². The van der Waals surface area contributed by atoms with Gasteiger partial charge >= 0.3 is 0 Å². The Kier molecular flexibility index (Phi) is 4.02. The molecule has 3 aromatic rings. The van der Waals surface area contributed by atoms with E-state index in [0.29, 0.717) is 5.56 Å². The molecule has 1 unspecified atom stereocenters. The van der Waals surface area contributed by atoms with E-state index in [1.165, 1.54) is 12.1 Å². The topological polar surface area (TPSA) is 33.2 Å². The van der Waals surface area contributed by atoms with Gasteiger partial charge < -0.3 is 4.90 Å². The van der Waals surface area contributed by atoms with E-state index in [1.54, 1.807) is 29.0 Å². The molecule has 1 aliphatic rings. The number of hydrogen-bond acceptors (Lipinski definition) is 3. The van der Waals surface area contributed by atoms with E-state index in [-0.39, 0.29) is 17.8 Å². The van der Waals surface area contributed by atoms with Gasteiger partial charge in [-0.2, -0.15) is 0 Å². The minimum atomic E-state index is -0.249. The summed E-state index contributed by atoms with van der Waals surface area (Å²) in [7, 11) is 0. The first-order valence-electron chi connectivity index (χ1n) is 8.12. The molecule has 24 heavy (non-hydrogen) atoms. The summed E-state index contributed by atoms with van der Waals surface area (Å²) < 4.78 is 14.3. The quantitative estimate of drug-likeness (QED) is 0.671. The van der Waals surface area contributed by atoms with Crippen LogP contribution in [-0.4, -0.2) is 22.3 Å². The molecule has 1 atom stereocenters. The standard InChI is InChI=1S/C19H17FN2OS/c20-15-7-4-13(5-8-15)17-3-1-2-10-22(17)19(23)14-6-9-18-16(11-14)21-12-24-18/h4-9,11-12,17H,1-3,10H2. The van der Waals surface area contributed by atoms with Crippen LogP contribution in [0.4, 0.5) is 4.39 Å². The summed E-state index contributed by atoms with van der Waals surface area (Å²) in [6.45, 7) is 0.732. The van der Waals surface area contributed by atoms with Crippen LogP contribution in [-0.2, 0) is 0 Å². The molecule has 2 aromatic carbocycles. The average molecular weight is 340 g/mol. The molecule has 3 nitrogen and oxygen atoms in total. The number of nitrogens with zero attached hydrogens (tertiary/aromatic N) is 2. The number of fused-ring (bicyclic) bond motifs is 1. The summed E-state index contributed by atoms with van der Waals surface area (Å²) in [6, 6.07) is 12.2. The molecule has 1 aliphatic heterocycles. The van der Waals surface area contributed by atoms with E-state index in [9.17, 15) is 9.18 Å². The van der Waals surface area contributed by atoms with E-state index in [0.717, 1.165) is 41.6 Å². The Morgan fingerprint density at radius 1 is 1.17 bits per heavy atom. The second kappa shape index (κ2) is 6.32. The second-order valence-corrected chi connectivity index (χ2v) is 6.98. The molecule has 0 aliphatic carbocycles. The van der Waals surface area contributed by atoms with Gasteiger partial charge in [-0.1, -0.05) is 12.1 Å². The van der Waals surface area contributed by atoms with Gasteiger partial charge in [-0.05, 0) is 55.2 Å². The van der Waals surface area contributed by atoms with Gasteiger partial charge in [0.2, 0.25) is 0 Å². The van der Waals surface area contributed by atoms with Crippen molar-refractivity contribution in [2.75, 3.05) is 6.54 Å². The Morgan fingerprint density at radius 2 is 2.00 bits per heavy atom. The number of rotatable bonds is 2. The van der Waals surface area contributed by atoms with Gasteiger partial charge in [-0.3, -0.25) is 4.79 Å². The Morgan fingerprint density at radius 3 is 2.83 bits per heavy atom. The van der Waals surface area contributed by atoms with Crippen LogP contribution in [0.2, 0.25) is 0 Å². The van der Waals surface area contributed by atoms with Crippen molar-refractivity contribution in [3.05, 3.63) is 64.9 Å². The number of hydrogen-bond donors (Lipinski definition) is 0. The lowest BCUT2D eigenvalue weighted by Gasteiger charge is -2.36. The first-order chi connectivity index (χ1) is 11.7. The van der Waals surface area contributed by atoms with Gasteiger partial charge in [0.15, 0.2) is 0 Å². The third kappa shape index (κ3) is 2.80. The average Bonchev–Trinajstić information content (AvgIpc) is 3.09. The van der Waals surface area contributed by atoms with Gasteiger partial charge in [0, 0.05) is 12.1 Å². The van der Waals surface area contributed by atoms with Crippen LogP contribution in [0.15, 0.2) is 48.0 Å². The van der Waals surface area contributed by atoms with E-state index >= 15 is 0 Å². The van der Waals surface area contributed by atoms with Crippen molar-refractivity contribution in [3.8, 4) is 0 Å². The number of benzene rings is 2. The summed E-state index contributed by atoms with van der Waals surface area (Å²) in [5, 5.41) is 0. The van der Waals surface area contributed by atoms with E-state index in [1.807, 2.05) is 23.1 Å². The Bertz CT molecular complexity index is 874. The maximum atomic E-state index is 13.2. The Balaban J connectivity index is 1.66. The summed E-state index contributed by atoms with van der Waals surface area (Å²) >= 11 is 1.57. The molecule has 0 radical (unpaired) electrons. The largest absolute Gasteiger partial charge is 0.332 e. The minimum absolute atomic E-state index is 0.0120. The van der Waals surface area contributed by atoms with Crippen molar-refractivity contribution < 1.29 is 9.18 Å². The molecule has 0 saturated carbocycles. The van der Waals surface area contributed by atoms with Gasteiger partial charge in [-0.25, -0.2) is 9.37 Å². The lowest BCUT2D eigenvalue weighted by atomic mass is 9.94. The number of carbonyl (C=O) groups excluding carboxylic acids is 1. The van der Waals surface area contributed by atoms with Crippen LogP contribution in [0.3, 0.4) is 0 Å². The highest BCUT2D eigenvalue weighted by Crippen LogP contribution is 2.32. The molecule has 4 rings (SSSR count). The lowest BCUT2D eigenvalue weighted by Crippen LogP contribution is -2.38. The molecule has 1 amide bonds. The molecule has 0 bridgehead atoms. The molecular formula is C19H17FN2OS. The Hall–Kier alpha value is -2.27. The lowest BCUT2D eigenvalue weighted by molar-refractivity contribution is 0.0611. The molecule has 1 aromatic heterocycles. The number of amides is 1. The second-order valence-electron chi connectivity index (χ2n) is 6.10. The third-order valence-corrected chi connectivity index (χ3v) is 5.41. The molecule has 1 saturated heterocycles. The summed E-state index contributed by atoms with van der Waals surface area (Å²) in [5.74, 6) is -0.222. The smallest absolute Gasteiger partial charge is 0.254 e. The SMILES string of the molecule is O=C(c1ccc2scnc2c1)N1CCCCC1c1ccc(F)cc1. The highest BCUT2D eigenvalue weighted by atomic mass is 32.1. The van der Waals surface area contributed by atoms with Gasteiger partial charge in [0.1, 0.15) is 5.82 Å². The zero-order valence-electron chi connectivity index (χ0n) is 13.1. The molecule has 5 heteroatoms. The van der Waals surface area contributed by atoms with Crippen molar-refractivity contribution in [3.63, 3.8) is 0 Å². The maximum absolute atomic E-state index is 13.2. The highest BCUT2D eigenvalue weighted by molar-refractivity contribution is 7.16. The van der Waals surface area contributed by atoms with Crippen LogP contribution in [0.1, 0.15) is 41.2 Å². The van der Waals surface area contributed by atoms with Crippen molar-refractivity contribution in [1.29, 1.82) is 0 Å². The van der Waals surface area contributed by atoms with E-state index in [4.69, 9.17) is 0 Å². The molecule has 0 N–H and O–H groups in total. The number of likely N-dealkylation sites (tertiary alicyclic amines) is 1. The predicted molar refractivity (Wildman–Crippen MR) is 93.6 cm³/mol. The summed E-state index contributed by atoms with van der Waals surface area (Å²) in [6.07, 6.45) is 3.00. The van der Waals surface area contributed by atoms with Crippen molar-refractivity contribution >= 4 is 27.5 Å². The van der Waals surface area contributed by atoms with E-state index < -0.39 is 0 Å². The fraction of sp³-hybridized carbons (Fsp3) is 0.263. The number of halogens is 1. The molecule has 1 fully saturated rings. The predicted octanol–water partition coefficient (Wildman–Crippen LogP) is 4.80. The van der Waals surface area contributed by atoms with Gasteiger partial charge in [0.05, 0.1) is 21.8 Å². The number of aromatic nitrogens is 1. The molecule has 2 heterocycles. The molecule has 0 spiro atoms. The van der Waals surface area contributed by atoms with Crippen LogP contribution in [0.25, 0.3) is 10.2 Å². The molecular weight excluding hydrogens is 323 g/mol. The van der Waals surface area contributed by atoms with Crippen LogP contribution < -0.4 is 0 Å². The Labute approximate surface area is 143 Å². The van der Waals surface area contributed by atoms with Crippen molar-refractivity contribution in [1.82, 2.24) is 9.88 Å². The zero-order chi connectivity index (χ0) is 16.5. The number of thiazole rings is 1. The third-order valence-electron chi connectivity index (χ3n) is 4.60. The van der Waals surface area contributed by atoms with Gasteiger partial charge in [-0.15, -0.1) is 11.3 Å². The number of piperidine rings is 1. The first kappa shape index (κ1) is 15.3. The van der Waals surface area contributed by atoms with Crippen molar-refractivity contribution in [2.45, 2.75) is 25.3 Å². The van der Waals surface area contributed by atoms with Crippen LogP contribution >= 0.6 is 11.3 Å². The molecule has 122 valence electrons. The monoisotopic (exact) mass is 340 g/mol. The maximum Gasteiger partial charge on any atom is 0.254 e. The van der Waals surface area contributed by atoms with E-state index in [2.05, 4.69) is 4.98 Å². The summed E-state index contributed by atoms with van der Waals surface area (Å²) in [5.41, 5.74) is 4.32. The first-order valence-corrected chi connectivity index (χ1v) is 9.00.